The number of hydrogen-bond acceptors (Lipinski definition) is 3. The zero-order valence-electron chi connectivity index (χ0n) is 9.84. The largest absolute Gasteiger partial charge is 0.478 e. The van der Waals surface area contributed by atoms with Crippen LogP contribution in [-0.4, -0.2) is 35.4 Å². The Labute approximate surface area is 100 Å². The lowest BCUT2D eigenvalue weighted by Crippen LogP contribution is -2.23. The molecule has 1 aromatic rings. The first-order chi connectivity index (χ1) is 8.08. The molecule has 0 aliphatic carbocycles. The normalized spacial score (nSPS) is 21.5. The van der Waals surface area contributed by atoms with Crippen molar-refractivity contribution in [1.29, 1.82) is 0 Å². The van der Waals surface area contributed by atoms with Crippen LogP contribution >= 0.6 is 0 Å². The van der Waals surface area contributed by atoms with E-state index in [0.717, 1.165) is 25.2 Å². The highest BCUT2D eigenvalue weighted by Gasteiger charge is 2.26. The molecule has 2 atom stereocenters. The van der Waals surface area contributed by atoms with Gasteiger partial charge < -0.3 is 15.1 Å². The topological polar surface area (TPSA) is 60.8 Å². The van der Waals surface area contributed by atoms with Gasteiger partial charge >= 0.3 is 5.97 Å². The summed E-state index contributed by atoms with van der Waals surface area (Å²) in [7, 11) is 0. The maximum atomic E-state index is 10.7. The van der Waals surface area contributed by atoms with E-state index in [9.17, 15) is 9.90 Å². The van der Waals surface area contributed by atoms with Crippen LogP contribution < -0.4 is 4.90 Å². The van der Waals surface area contributed by atoms with Gasteiger partial charge in [0.15, 0.2) is 0 Å². The van der Waals surface area contributed by atoms with Crippen molar-refractivity contribution in [2.75, 3.05) is 18.0 Å². The summed E-state index contributed by atoms with van der Waals surface area (Å²) >= 11 is 0. The van der Waals surface area contributed by atoms with E-state index in [0.29, 0.717) is 11.5 Å². The van der Waals surface area contributed by atoms with Crippen LogP contribution in [0.25, 0.3) is 0 Å². The van der Waals surface area contributed by atoms with Gasteiger partial charge in [-0.2, -0.15) is 0 Å². The quantitative estimate of drug-likeness (QED) is 0.835. The van der Waals surface area contributed by atoms with E-state index < -0.39 is 5.97 Å². The fraction of sp³-hybridized carbons (Fsp3) is 0.462. The number of aliphatic hydroxyl groups is 1. The number of nitrogens with zero attached hydrogens (tertiary/aromatic N) is 1. The molecule has 2 N–H and O–H groups in total. The van der Waals surface area contributed by atoms with E-state index >= 15 is 0 Å². The predicted octanol–water partition coefficient (Wildman–Crippen LogP) is 1.59. The van der Waals surface area contributed by atoms with Crippen molar-refractivity contribution in [2.45, 2.75) is 19.4 Å². The van der Waals surface area contributed by atoms with Gasteiger partial charge in [-0.3, -0.25) is 0 Å². The van der Waals surface area contributed by atoms with Crippen molar-refractivity contribution in [3.05, 3.63) is 29.8 Å². The Bertz CT molecular complexity index is 400. The Balaban J connectivity index is 2.06. The van der Waals surface area contributed by atoms with Crippen molar-refractivity contribution in [2.24, 2.45) is 5.92 Å². The fourth-order valence-corrected chi connectivity index (χ4v) is 2.23. The molecule has 92 valence electrons. The average molecular weight is 235 g/mol. The third-order valence-electron chi connectivity index (χ3n) is 3.39. The highest BCUT2D eigenvalue weighted by molar-refractivity contribution is 5.88. The molecule has 1 saturated heterocycles. The third kappa shape index (κ3) is 2.58. The summed E-state index contributed by atoms with van der Waals surface area (Å²) in [6.45, 7) is 3.58. The molecule has 1 fully saturated rings. The molecule has 0 saturated carbocycles. The number of carbonyl (C=O) groups is 1. The van der Waals surface area contributed by atoms with Crippen LogP contribution in [0.1, 0.15) is 23.7 Å². The summed E-state index contributed by atoms with van der Waals surface area (Å²) in [5.41, 5.74) is 1.33. The monoisotopic (exact) mass is 235 g/mol. The molecule has 0 amide bonds. The van der Waals surface area contributed by atoms with Crippen molar-refractivity contribution in [1.82, 2.24) is 0 Å². The first kappa shape index (κ1) is 11.9. The molecular weight excluding hydrogens is 218 g/mol. The maximum Gasteiger partial charge on any atom is 0.335 e. The number of anilines is 1. The summed E-state index contributed by atoms with van der Waals surface area (Å²) in [5.74, 6) is -0.589. The molecular formula is C13H17NO3. The zero-order chi connectivity index (χ0) is 12.4. The average Bonchev–Trinajstić information content (AvgIpc) is 2.78. The molecule has 1 aromatic carbocycles. The minimum Gasteiger partial charge on any atom is -0.478 e. The standard InChI is InChI=1S/C13H17NO3/c1-9(15)11-6-7-14(8-11)12-4-2-10(3-5-12)13(16)17/h2-5,9,11,15H,6-8H2,1H3,(H,16,17). The first-order valence-electron chi connectivity index (χ1n) is 5.84. The number of rotatable bonds is 3. The van der Waals surface area contributed by atoms with Gasteiger partial charge in [0, 0.05) is 24.7 Å². The summed E-state index contributed by atoms with van der Waals surface area (Å²) in [6, 6.07) is 6.89. The van der Waals surface area contributed by atoms with Crippen LogP contribution in [-0.2, 0) is 0 Å². The van der Waals surface area contributed by atoms with Gasteiger partial charge in [0.25, 0.3) is 0 Å². The molecule has 0 spiro atoms. The van der Waals surface area contributed by atoms with E-state index in [-0.39, 0.29) is 6.10 Å². The Morgan fingerprint density at radius 3 is 2.53 bits per heavy atom. The van der Waals surface area contributed by atoms with Crippen LogP contribution in [0.2, 0.25) is 0 Å². The SMILES string of the molecule is CC(O)C1CCN(c2ccc(C(=O)O)cc2)C1. The lowest BCUT2D eigenvalue weighted by molar-refractivity contribution is 0.0697. The Morgan fingerprint density at radius 2 is 2.06 bits per heavy atom. The lowest BCUT2D eigenvalue weighted by atomic mass is 10.0. The number of aliphatic hydroxyl groups excluding tert-OH is 1. The zero-order valence-corrected chi connectivity index (χ0v) is 9.84. The molecule has 1 heterocycles. The van der Waals surface area contributed by atoms with Crippen LogP contribution in [0, 0.1) is 5.92 Å². The number of aromatic carboxylic acids is 1. The Morgan fingerprint density at radius 1 is 1.41 bits per heavy atom. The van der Waals surface area contributed by atoms with Crippen LogP contribution in [0.15, 0.2) is 24.3 Å². The van der Waals surface area contributed by atoms with E-state index in [1.54, 1.807) is 12.1 Å². The number of carboxylic acids is 1. The summed E-state index contributed by atoms with van der Waals surface area (Å²) in [5, 5.41) is 18.3. The van der Waals surface area contributed by atoms with Gasteiger partial charge in [-0.05, 0) is 37.6 Å². The number of benzene rings is 1. The Kier molecular flexibility index (Phi) is 3.33. The van der Waals surface area contributed by atoms with Gasteiger partial charge in [-0.15, -0.1) is 0 Å². The van der Waals surface area contributed by atoms with Crippen LogP contribution in [0.4, 0.5) is 5.69 Å². The Hall–Kier alpha value is -1.55. The number of hydrogen-bond donors (Lipinski definition) is 2. The summed E-state index contributed by atoms with van der Waals surface area (Å²) in [4.78, 5) is 12.9. The van der Waals surface area contributed by atoms with Crippen molar-refractivity contribution < 1.29 is 15.0 Å². The molecule has 0 radical (unpaired) electrons. The van der Waals surface area contributed by atoms with Gasteiger partial charge in [0.1, 0.15) is 0 Å². The van der Waals surface area contributed by atoms with Crippen molar-refractivity contribution >= 4 is 11.7 Å². The molecule has 0 bridgehead atoms. The first-order valence-corrected chi connectivity index (χ1v) is 5.84. The van der Waals surface area contributed by atoms with E-state index in [2.05, 4.69) is 4.90 Å². The van der Waals surface area contributed by atoms with E-state index in [1.165, 1.54) is 0 Å². The van der Waals surface area contributed by atoms with Gasteiger partial charge in [0.2, 0.25) is 0 Å². The van der Waals surface area contributed by atoms with E-state index in [1.807, 2.05) is 19.1 Å². The molecule has 1 aliphatic rings. The third-order valence-corrected chi connectivity index (χ3v) is 3.39. The summed E-state index contributed by atoms with van der Waals surface area (Å²) < 4.78 is 0. The van der Waals surface area contributed by atoms with Crippen molar-refractivity contribution in [3.8, 4) is 0 Å². The maximum absolute atomic E-state index is 10.7. The smallest absolute Gasteiger partial charge is 0.335 e. The van der Waals surface area contributed by atoms with Crippen molar-refractivity contribution in [3.63, 3.8) is 0 Å². The second-order valence-corrected chi connectivity index (χ2v) is 4.59. The molecule has 1 aliphatic heterocycles. The highest BCUT2D eigenvalue weighted by Crippen LogP contribution is 2.25. The minimum absolute atomic E-state index is 0.279. The van der Waals surface area contributed by atoms with E-state index in [4.69, 9.17) is 5.11 Å². The van der Waals surface area contributed by atoms with Gasteiger partial charge in [0.05, 0.1) is 11.7 Å². The molecule has 0 aromatic heterocycles. The highest BCUT2D eigenvalue weighted by atomic mass is 16.4. The van der Waals surface area contributed by atoms with Gasteiger partial charge in [-0.1, -0.05) is 0 Å². The summed E-state index contributed by atoms with van der Waals surface area (Å²) in [6.07, 6.45) is 0.705. The number of carboxylic acid groups (broad SMARTS) is 1. The molecule has 4 nitrogen and oxygen atoms in total. The van der Waals surface area contributed by atoms with Crippen LogP contribution in [0.3, 0.4) is 0 Å². The molecule has 2 rings (SSSR count). The lowest BCUT2D eigenvalue weighted by Gasteiger charge is -2.19. The molecule has 4 heteroatoms. The predicted molar refractivity (Wildman–Crippen MR) is 65.4 cm³/mol. The fourth-order valence-electron chi connectivity index (χ4n) is 2.23. The molecule has 2 unspecified atom stereocenters. The van der Waals surface area contributed by atoms with Gasteiger partial charge in [-0.25, -0.2) is 4.79 Å². The minimum atomic E-state index is -0.903. The van der Waals surface area contributed by atoms with Crippen LogP contribution in [0.5, 0.6) is 0 Å². The molecule has 17 heavy (non-hydrogen) atoms. The second kappa shape index (κ2) is 4.75. The second-order valence-electron chi connectivity index (χ2n) is 4.59.